The monoisotopic (exact) mass is 243 g/mol. The highest BCUT2D eigenvalue weighted by atomic mass is 28.3. The van der Waals surface area contributed by atoms with E-state index in [1.165, 1.54) is 18.9 Å². The molecule has 0 saturated heterocycles. The van der Waals surface area contributed by atoms with Gasteiger partial charge < -0.3 is 0 Å². The van der Waals surface area contributed by atoms with E-state index in [1.807, 2.05) is 0 Å². The van der Waals surface area contributed by atoms with Crippen LogP contribution in [0.3, 0.4) is 0 Å². The predicted molar refractivity (Wildman–Crippen MR) is 78.3 cm³/mol. The number of allylic oxidation sites excluding steroid dienone is 8. The zero-order valence-electron chi connectivity index (χ0n) is 11.3. The van der Waals surface area contributed by atoms with Crippen molar-refractivity contribution in [2.75, 3.05) is 0 Å². The second-order valence-corrected chi connectivity index (χ2v) is 8.84. The number of hydrogen-bond donors (Lipinski definition) is 0. The fraction of sp³-hybridized carbons (Fsp3) is 0.500. The minimum Gasteiger partial charge on any atom is -0.0813 e. The smallest absolute Gasteiger partial charge is 0.0813 e. The highest BCUT2D eigenvalue weighted by molar-refractivity contribution is 6.74. The van der Waals surface area contributed by atoms with Crippen LogP contribution in [0.4, 0.5) is 0 Å². The summed E-state index contributed by atoms with van der Waals surface area (Å²) in [6, 6.07) is 1.39. The molecule has 17 heavy (non-hydrogen) atoms. The summed E-state index contributed by atoms with van der Waals surface area (Å²) in [6.45, 7) is 7.06. The Morgan fingerprint density at radius 1 is 1.24 bits per heavy atom. The Morgan fingerprint density at radius 3 is 2.59 bits per heavy atom. The molecule has 0 unspecified atom stereocenters. The van der Waals surface area contributed by atoms with Crippen LogP contribution in [0.1, 0.15) is 40.0 Å². The van der Waals surface area contributed by atoms with Crippen molar-refractivity contribution in [3.05, 3.63) is 46.8 Å². The fourth-order valence-corrected chi connectivity index (χ4v) is 5.67. The minimum atomic E-state index is -0.460. The van der Waals surface area contributed by atoms with Gasteiger partial charge in [-0.05, 0) is 18.3 Å². The Bertz CT molecular complexity index is 388. The molecule has 0 bridgehead atoms. The van der Waals surface area contributed by atoms with Crippen molar-refractivity contribution in [2.24, 2.45) is 5.41 Å². The van der Waals surface area contributed by atoms with Gasteiger partial charge in [-0.2, -0.15) is 0 Å². The highest BCUT2D eigenvalue weighted by Gasteiger charge is 2.23. The van der Waals surface area contributed by atoms with Crippen LogP contribution >= 0.6 is 0 Å². The Kier molecular flexibility index (Phi) is 3.88. The van der Waals surface area contributed by atoms with Crippen molar-refractivity contribution >= 4 is 8.80 Å². The number of hydrogen-bond acceptors (Lipinski definition) is 0. The summed E-state index contributed by atoms with van der Waals surface area (Å²) in [5.41, 5.74) is 0.464. The molecule has 2 aliphatic carbocycles. The molecule has 0 fully saturated rings. The molecule has 0 heterocycles. The van der Waals surface area contributed by atoms with Crippen LogP contribution in [0.15, 0.2) is 46.8 Å². The Hall–Kier alpha value is -0.823. The van der Waals surface area contributed by atoms with Gasteiger partial charge in [-0.15, -0.1) is 0 Å². The average molecular weight is 243 g/mol. The van der Waals surface area contributed by atoms with Gasteiger partial charge in [0.25, 0.3) is 0 Å². The van der Waals surface area contributed by atoms with Crippen LogP contribution in [-0.4, -0.2) is 8.80 Å². The van der Waals surface area contributed by atoms with Gasteiger partial charge in [0, 0.05) is 0 Å². The molecule has 1 heteroatoms. The lowest BCUT2D eigenvalue weighted by molar-refractivity contribution is 0.396. The van der Waals surface area contributed by atoms with Crippen molar-refractivity contribution in [3.63, 3.8) is 0 Å². The van der Waals surface area contributed by atoms with Crippen molar-refractivity contribution in [1.82, 2.24) is 0 Å². The Balaban J connectivity index is 2.05. The van der Waals surface area contributed by atoms with Gasteiger partial charge in [0.1, 0.15) is 8.80 Å². The van der Waals surface area contributed by atoms with Gasteiger partial charge >= 0.3 is 0 Å². The lowest BCUT2D eigenvalue weighted by Gasteiger charge is -2.23. The van der Waals surface area contributed by atoms with E-state index in [0.29, 0.717) is 5.41 Å². The Morgan fingerprint density at radius 2 is 2.06 bits per heavy atom. The average Bonchev–Trinajstić information content (AvgIpc) is 2.86. The van der Waals surface area contributed by atoms with Crippen LogP contribution in [0.25, 0.3) is 0 Å². The van der Waals surface area contributed by atoms with Crippen LogP contribution in [0, 0.1) is 5.41 Å². The second-order valence-electron chi connectivity index (χ2n) is 6.16. The van der Waals surface area contributed by atoms with E-state index in [9.17, 15) is 0 Å². The quantitative estimate of drug-likeness (QED) is 0.624. The molecule has 0 aliphatic heterocycles. The maximum atomic E-state index is 2.44. The van der Waals surface area contributed by atoms with E-state index in [0.717, 1.165) is 6.42 Å². The molecule has 0 atom stereocenters. The van der Waals surface area contributed by atoms with Gasteiger partial charge in [-0.3, -0.25) is 0 Å². The molecule has 0 nitrogen and oxygen atoms in total. The lowest BCUT2D eigenvalue weighted by atomic mass is 9.94. The van der Waals surface area contributed by atoms with Crippen molar-refractivity contribution in [2.45, 2.75) is 46.1 Å². The van der Waals surface area contributed by atoms with E-state index in [4.69, 9.17) is 0 Å². The number of rotatable bonds is 4. The molecule has 0 N–H and O–H groups in total. The summed E-state index contributed by atoms with van der Waals surface area (Å²) in [5, 5.41) is 3.35. The molecular weight excluding hydrogens is 220 g/mol. The molecule has 0 aromatic heterocycles. The molecule has 0 spiro atoms. The highest BCUT2D eigenvalue weighted by Crippen LogP contribution is 2.30. The summed E-state index contributed by atoms with van der Waals surface area (Å²) < 4.78 is 0. The summed E-state index contributed by atoms with van der Waals surface area (Å²) in [4.78, 5) is 0. The van der Waals surface area contributed by atoms with E-state index in [2.05, 4.69) is 57.2 Å². The third-order valence-corrected chi connectivity index (χ3v) is 6.37. The summed E-state index contributed by atoms with van der Waals surface area (Å²) >= 11 is 0. The normalized spacial score (nSPS) is 19.1. The summed E-state index contributed by atoms with van der Waals surface area (Å²) in [6.07, 6.45) is 17.7. The molecular formula is C16H23Si. The molecule has 2 aliphatic rings. The first kappa shape index (κ1) is 12.6. The van der Waals surface area contributed by atoms with Gasteiger partial charge in [-0.1, -0.05) is 80.1 Å². The molecule has 0 aromatic rings. The molecule has 2 rings (SSSR count). The molecule has 0 amide bonds. The maximum absolute atomic E-state index is 2.44. The lowest BCUT2D eigenvalue weighted by Crippen LogP contribution is -2.21. The van der Waals surface area contributed by atoms with E-state index >= 15 is 0 Å². The van der Waals surface area contributed by atoms with Gasteiger partial charge in [0.15, 0.2) is 0 Å². The van der Waals surface area contributed by atoms with Crippen LogP contribution in [0.2, 0.25) is 6.04 Å². The van der Waals surface area contributed by atoms with Crippen LogP contribution in [0.5, 0.6) is 0 Å². The maximum Gasteiger partial charge on any atom is 0.116 e. The minimum absolute atomic E-state index is 0.460. The van der Waals surface area contributed by atoms with Crippen molar-refractivity contribution in [1.29, 1.82) is 0 Å². The first-order chi connectivity index (χ1) is 8.06. The van der Waals surface area contributed by atoms with Crippen LogP contribution < -0.4 is 0 Å². The Labute approximate surface area is 107 Å². The first-order valence-electron chi connectivity index (χ1n) is 6.65. The second kappa shape index (κ2) is 5.22. The predicted octanol–water partition coefficient (Wildman–Crippen LogP) is 4.77. The largest absolute Gasteiger partial charge is 0.116 e. The fourth-order valence-electron chi connectivity index (χ4n) is 2.34. The van der Waals surface area contributed by atoms with E-state index in [1.54, 1.807) is 10.4 Å². The molecule has 0 saturated carbocycles. The topological polar surface area (TPSA) is 0 Å². The molecule has 1 radical (unpaired) electrons. The summed E-state index contributed by atoms with van der Waals surface area (Å²) in [7, 11) is -0.460. The zero-order valence-corrected chi connectivity index (χ0v) is 12.3. The summed E-state index contributed by atoms with van der Waals surface area (Å²) in [5.74, 6) is 0. The van der Waals surface area contributed by atoms with Gasteiger partial charge in [-0.25, -0.2) is 0 Å². The third kappa shape index (κ3) is 3.57. The molecule has 0 aromatic carbocycles. The first-order valence-corrected chi connectivity index (χ1v) is 8.36. The van der Waals surface area contributed by atoms with Crippen molar-refractivity contribution in [3.8, 4) is 0 Å². The van der Waals surface area contributed by atoms with Gasteiger partial charge in [0.2, 0.25) is 0 Å². The van der Waals surface area contributed by atoms with Crippen molar-refractivity contribution < 1.29 is 0 Å². The third-order valence-electron chi connectivity index (χ3n) is 3.40. The van der Waals surface area contributed by atoms with E-state index < -0.39 is 8.80 Å². The zero-order chi connectivity index (χ0) is 12.3. The SMILES string of the molecule is CC(C)(C)CC[Si](C1=CCC=C1)C1=CC=CC1. The van der Waals surface area contributed by atoms with Crippen LogP contribution in [-0.2, 0) is 0 Å². The standard InChI is InChI=1S/C16H23Si/c1-16(2,3)12-13-17(14-8-4-5-9-14)15-10-6-7-11-15/h4-6,8,10-11H,7,9,12-13H2,1-3H3. The van der Waals surface area contributed by atoms with Gasteiger partial charge in [0.05, 0.1) is 0 Å². The molecule has 91 valence electrons. The van der Waals surface area contributed by atoms with E-state index in [-0.39, 0.29) is 0 Å².